The average molecular weight is 395 g/mol. The van der Waals surface area contributed by atoms with Crippen LogP contribution in [0.1, 0.15) is 28.4 Å². The van der Waals surface area contributed by atoms with Gasteiger partial charge in [0.2, 0.25) is 0 Å². The van der Waals surface area contributed by atoms with E-state index in [4.69, 9.17) is 4.74 Å². The molecule has 28 heavy (non-hydrogen) atoms. The molecule has 1 atom stereocenters. The highest BCUT2D eigenvalue weighted by Crippen LogP contribution is 2.32. The molecule has 0 saturated carbocycles. The van der Waals surface area contributed by atoms with Gasteiger partial charge in [-0.1, -0.05) is 18.2 Å². The summed E-state index contributed by atoms with van der Waals surface area (Å²) in [6.07, 6.45) is -5.18. The summed E-state index contributed by atoms with van der Waals surface area (Å²) in [5.74, 6) is -2.61. The lowest BCUT2D eigenvalue weighted by atomic mass is 9.99. The van der Waals surface area contributed by atoms with Crippen LogP contribution in [0, 0.1) is 0 Å². The molecular weight excluding hydrogens is 379 g/mol. The zero-order valence-corrected chi connectivity index (χ0v) is 14.6. The molecule has 2 aromatic rings. The molecule has 0 spiro atoms. The third-order valence-electron chi connectivity index (χ3n) is 3.73. The van der Waals surface area contributed by atoms with E-state index in [1.165, 1.54) is 49.4 Å². The lowest BCUT2D eigenvalue weighted by Crippen LogP contribution is -2.42. The Morgan fingerprint density at radius 3 is 2.21 bits per heavy atom. The normalized spacial score (nSPS) is 12.1. The Balaban J connectivity index is 2.17. The maximum atomic E-state index is 13.1. The topological polar surface area (TPSA) is 92.7 Å². The number of nitrogens with one attached hydrogen (secondary N) is 1. The van der Waals surface area contributed by atoms with Crippen molar-refractivity contribution in [3.63, 3.8) is 0 Å². The number of alkyl halides is 3. The van der Waals surface area contributed by atoms with Gasteiger partial charge in [-0.25, -0.2) is 4.79 Å². The predicted octanol–water partition coefficient (Wildman–Crippen LogP) is 3.06. The number of carbonyl (C=O) groups excluding carboxylic acids is 2. The lowest BCUT2D eigenvalue weighted by Gasteiger charge is -2.18. The molecule has 0 aliphatic heterocycles. The van der Waals surface area contributed by atoms with Crippen molar-refractivity contribution < 1.29 is 37.4 Å². The Morgan fingerprint density at radius 2 is 1.68 bits per heavy atom. The standard InChI is InChI=1S/C19H16F3NO5/c1-11(24)28-14-8-6-12(7-9-14)17(25)23-16(18(26)27)10-13-4-2-3-5-15(13)19(20,21)22/h2-9,16H,10H2,1H3,(H,23,25)(H,26,27)/t16-/m0/s1. The minimum atomic E-state index is -4.64. The second-order valence-corrected chi connectivity index (χ2v) is 5.84. The van der Waals surface area contributed by atoms with Gasteiger partial charge in [-0.3, -0.25) is 9.59 Å². The molecule has 0 unspecified atom stereocenters. The molecular formula is C19H16F3NO5. The highest BCUT2D eigenvalue weighted by Gasteiger charge is 2.34. The van der Waals surface area contributed by atoms with Gasteiger partial charge in [-0.15, -0.1) is 0 Å². The smallest absolute Gasteiger partial charge is 0.416 e. The van der Waals surface area contributed by atoms with E-state index in [0.717, 1.165) is 6.07 Å². The molecule has 0 saturated heterocycles. The monoisotopic (exact) mass is 395 g/mol. The maximum absolute atomic E-state index is 13.1. The minimum absolute atomic E-state index is 0.0614. The van der Waals surface area contributed by atoms with E-state index < -0.39 is 42.0 Å². The Bertz CT molecular complexity index is 878. The maximum Gasteiger partial charge on any atom is 0.416 e. The van der Waals surface area contributed by atoms with E-state index in [0.29, 0.717) is 0 Å². The quantitative estimate of drug-likeness (QED) is 0.579. The molecule has 0 aliphatic carbocycles. The Labute approximate surface area is 157 Å². The number of carbonyl (C=O) groups is 3. The Kier molecular flexibility index (Phi) is 6.40. The van der Waals surface area contributed by atoms with E-state index in [9.17, 15) is 32.7 Å². The van der Waals surface area contributed by atoms with Gasteiger partial charge in [-0.2, -0.15) is 13.2 Å². The van der Waals surface area contributed by atoms with Crippen LogP contribution in [0.4, 0.5) is 13.2 Å². The zero-order valence-electron chi connectivity index (χ0n) is 14.6. The predicted molar refractivity (Wildman–Crippen MR) is 91.8 cm³/mol. The van der Waals surface area contributed by atoms with Crippen LogP contribution in [-0.4, -0.2) is 29.0 Å². The Hall–Kier alpha value is -3.36. The SMILES string of the molecule is CC(=O)Oc1ccc(C(=O)N[C@@H](Cc2ccccc2C(F)(F)F)C(=O)O)cc1. The number of aliphatic carboxylic acids is 1. The van der Waals surface area contributed by atoms with Gasteiger partial charge in [-0.05, 0) is 35.9 Å². The number of halogens is 3. The fourth-order valence-corrected chi connectivity index (χ4v) is 2.48. The number of carboxylic acid groups (broad SMARTS) is 1. The van der Waals surface area contributed by atoms with E-state index in [1.54, 1.807) is 0 Å². The molecule has 9 heteroatoms. The molecule has 0 bridgehead atoms. The number of carboxylic acids is 1. The van der Waals surface area contributed by atoms with Gasteiger partial charge in [0, 0.05) is 18.9 Å². The van der Waals surface area contributed by atoms with Crippen LogP contribution in [0.2, 0.25) is 0 Å². The number of esters is 1. The lowest BCUT2D eigenvalue weighted by molar-refractivity contribution is -0.141. The number of hydrogen-bond donors (Lipinski definition) is 2. The van der Waals surface area contributed by atoms with Crippen molar-refractivity contribution in [2.24, 2.45) is 0 Å². The first-order chi connectivity index (χ1) is 13.1. The van der Waals surface area contributed by atoms with Crippen molar-refractivity contribution in [3.05, 3.63) is 65.2 Å². The van der Waals surface area contributed by atoms with Crippen molar-refractivity contribution in [3.8, 4) is 5.75 Å². The third-order valence-corrected chi connectivity index (χ3v) is 3.73. The number of benzene rings is 2. The second-order valence-electron chi connectivity index (χ2n) is 5.84. The highest BCUT2D eigenvalue weighted by atomic mass is 19.4. The van der Waals surface area contributed by atoms with Crippen LogP contribution < -0.4 is 10.1 Å². The molecule has 1 amide bonds. The number of amides is 1. The highest BCUT2D eigenvalue weighted by molar-refractivity contribution is 5.96. The van der Waals surface area contributed by atoms with Crippen LogP contribution in [0.3, 0.4) is 0 Å². The number of hydrogen-bond acceptors (Lipinski definition) is 4. The molecule has 0 aliphatic rings. The van der Waals surface area contributed by atoms with E-state index in [-0.39, 0.29) is 16.9 Å². The van der Waals surface area contributed by atoms with Gasteiger partial charge >= 0.3 is 18.1 Å². The number of ether oxygens (including phenoxy) is 1. The molecule has 6 nitrogen and oxygen atoms in total. The van der Waals surface area contributed by atoms with Gasteiger partial charge < -0.3 is 15.2 Å². The van der Waals surface area contributed by atoms with Crippen LogP contribution in [0.5, 0.6) is 5.75 Å². The molecule has 0 heterocycles. The average Bonchev–Trinajstić information content (AvgIpc) is 2.60. The third kappa shape index (κ3) is 5.57. The summed E-state index contributed by atoms with van der Waals surface area (Å²) < 4.78 is 44.1. The Morgan fingerprint density at radius 1 is 1.07 bits per heavy atom. The van der Waals surface area contributed by atoms with Crippen molar-refractivity contribution in [2.75, 3.05) is 0 Å². The molecule has 148 valence electrons. The van der Waals surface area contributed by atoms with Crippen LogP contribution in [0.15, 0.2) is 48.5 Å². The number of rotatable bonds is 6. The van der Waals surface area contributed by atoms with Crippen LogP contribution in [0.25, 0.3) is 0 Å². The van der Waals surface area contributed by atoms with Crippen molar-refractivity contribution in [1.82, 2.24) is 5.32 Å². The summed E-state index contributed by atoms with van der Waals surface area (Å²) in [6, 6.07) is 8.29. The van der Waals surface area contributed by atoms with E-state index in [2.05, 4.69) is 5.32 Å². The van der Waals surface area contributed by atoms with E-state index in [1.807, 2.05) is 0 Å². The van der Waals surface area contributed by atoms with Crippen molar-refractivity contribution in [2.45, 2.75) is 25.6 Å². The van der Waals surface area contributed by atoms with Gasteiger partial charge in [0.25, 0.3) is 5.91 Å². The summed E-state index contributed by atoms with van der Waals surface area (Å²) in [7, 11) is 0. The fraction of sp³-hybridized carbons (Fsp3) is 0.211. The van der Waals surface area contributed by atoms with Gasteiger partial charge in [0.15, 0.2) is 0 Å². The molecule has 2 N–H and O–H groups in total. The van der Waals surface area contributed by atoms with Gasteiger partial charge in [0.05, 0.1) is 5.56 Å². The zero-order chi connectivity index (χ0) is 20.9. The molecule has 0 aromatic heterocycles. The van der Waals surface area contributed by atoms with Crippen molar-refractivity contribution in [1.29, 1.82) is 0 Å². The van der Waals surface area contributed by atoms with Crippen molar-refractivity contribution >= 4 is 17.8 Å². The van der Waals surface area contributed by atoms with Gasteiger partial charge in [0.1, 0.15) is 11.8 Å². The molecule has 2 rings (SSSR count). The minimum Gasteiger partial charge on any atom is -0.480 e. The molecule has 2 aromatic carbocycles. The second kappa shape index (κ2) is 8.55. The summed E-state index contributed by atoms with van der Waals surface area (Å²) in [5.41, 5.74) is -1.14. The largest absolute Gasteiger partial charge is 0.480 e. The fourth-order valence-electron chi connectivity index (χ4n) is 2.48. The molecule has 0 fully saturated rings. The van der Waals surface area contributed by atoms with Crippen LogP contribution in [-0.2, 0) is 22.2 Å². The van der Waals surface area contributed by atoms with E-state index >= 15 is 0 Å². The first kappa shape index (κ1) is 20.9. The molecule has 0 radical (unpaired) electrons. The first-order valence-corrected chi connectivity index (χ1v) is 8.05. The summed E-state index contributed by atoms with van der Waals surface area (Å²) in [6.45, 7) is 1.21. The summed E-state index contributed by atoms with van der Waals surface area (Å²) in [4.78, 5) is 34.6. The summed E-state index contributed by atoms with van der Waals surface area (Å²) in [5, 5.41) is 11.5. The summed E-state index contributed by atoms with van der Waals surface area (Å²) >= 11 is 0. The first-order valence-electron chi connectivity index (χ1n) is 8.05. The van der Waals surface area contributed by atoms with Crippen LogP contribution >= 0.6 is 0 Å².